The summed E-state index contributed by atoms with van der Waals surface area (Å²) in [5.74, 6) is 1.48. The number of phenols is 1. The Morgan fingerprint density at radius 2 is 2.04 bits per heavy atom. The highest BCUT2D eigenvalue weighted by Crippen LogP contribution is 2.49. The molecule has 154 valence electrons. The molecule has 1 aliphatic heterocycles. The highest BCUT2D eigenvalue weighted by Gasteiger charge is 2.38. The Balaban J connectivity index is 1.70. The van der Waals surface area contributed by atoms with Crippen molar-refractivity contribution in [2.24, 2.45) is 5.92 Å². The van der Waals surface area contributed by atoms with E-state index in [9.17, 15) is 14.7 Å². The molecule has 3 atom stereocenters. The number of carbonyl (C=O) groups excluding carboxylic acids is 2. The summed E-state index contributed by atoms with van der Waals surface area (Å²) in [5.41, 5.74) is 2.03. The summed E-state index contributed by atoms with van der Waals surface area (Å²) < 4.78 is 6.01. The monoisotopic (exact) mass is 387 g/mol. The van der Waals surface area contributed by atoms with E-state index in [2.05, 4.69) is 18.3 Å². The van der Waals surface area contributed by atoms with Crippen LogP contribution in [-0.2, 0) is 16.0 Å². The minimum atomic E-state index is -0.182. The molecule has 1 amide bonds. The fourth-order valence-electron chi connectivity index (χ4n) is 4.58. The van der Waals surface area contributed by atoms with Crippen molar-refractivity contribution < 1.29 is 19.4 Å². The smallest absolute Gasteiger partial charge is 0.227 e. The summed E-state index contributed by atoms with van der Waals surface area (Å²) in [6, 6.07) is 4.03. The first kappa shape index (κ1) is 20.7. The molecule has 0 saturated heterocycles. The molecule has 0 spiro atoms. The highest BCUT2D eigenvalue weighted by molar-refractivity contribution is 5.97. The molecular weight excluding hydrogens is 354 g/mol. The van der Waals surface area contributed by atoms with Gasteiger partial charge >= 0.3 is 0 Å². The minimum Gasteiger partial charge on any atom is -0.508 e. The van der Waals surface area contributed by atoms with E-state index in [1.54, 1.807) is 6.92 Å². The molecule has 28 heavy (non-hydrogen) atoms. The third-order valence-corrected chi connectivity index (χ3v) is 6.18. The molecule has 2 N–H and O–H groups in total. The lowest BCUT2D eigenvalue weighted by Gasteiger charge is -2.40. The number of fused-ring (bicyclic) bond motifs is 3. The Hall–Kier alpha value is -2.04. The molecule has 1 saturated carbocycles. The van der Waals surface area contributed by atoms with Crippen LogP contribution in [0.5, 0.6) is 11.5 Å². The van der Waals surface area contributed by atoms with E-state index >= 15 is 0 Å². The standard InChI is InChI=1S/C23H33NO4/c1-3-5-6-7-15-10-20(26)23-19-12-17(24-22(27)13-18(25)4-2)9-8-16(19)14-28-21(23)11-15/h10-11,16-17,19,26H,3-9,12-14H2,1-2H3,(H,24,27)/t16-,17?,19-/m1/s1. The Kier molecular flexibility index (Phi) is 6.97. The van der Waals surface area contributed by atoms with Gasteiger partial charge in [-0.2, -0.15) is 0 Å². The maximum atomic E-state index is 12.1. The number of Topliss-reactive ketones (excluding diaryl/α,β-unsaturated/α-hetero) is 1. The molecule has 5 nitrogen and oxygen atoms in total. The van der Waals surface area contributed by atoms with Crippen molar-refractivity contribution in [2.45, 2.75) is 83.6 Å². The number of ether oxygens (including phenoxy) is 1. The number of unbranched alkanes of at least 4 members (excludes halogenated alkanes) is 2. The van der Waals surface area contributed by atoms with E-state index in [-0.39, 0.29) is 30.1 Å². The van der Waals surface area contributed by atoms with Crippen LogP contribution in [0, 0.1) is 5.92 Å². The molecule has 0 radical (unpaired) electrons. The van der Waals surface area contributed by atoms with Gasteiger partial charge in [0.25, 0.3) is 0 Å². The van der Waals surface area contributed by atoms with E-state index in [0.717, 1.165) is 49.0 Å². The second kappa shape index (κ2) is 9.44. The molecule has 1 aliphatic carbocycles. The number of benzene rings is 1. The summed E-state index contributed by atoms with van der Waals surface area (Å²) in [5, 5.41) is 13.8. The molecule has 0 aromatic heterocycles. The Bertz CT molecular complexity index is 715. The van der Waals surface area contributed by atoms with Crippen molar-refractivity contribution in [1.29, 1.82) is 0 Å². The number of carbonyl (C=O) groups is 2. The predicted octanol–water partition coefficient (Wildman–Crippen LogP) is 4.26. The largest absolute Gasteiger partial charge is 0.508 e. The van der Waals surface area contributed by atoms with Gasteiger partial charge in [0.15, 0.2) is 0 Å². The van der Waals surface area contributed by atoms with Crippen LogP contribution < -0.4 is 10.1 Å². The molecule has 3 rings (SSSR count). The number of aryl methyl sites for hydroxylation is 1. The van der Waals surface area contributed by atoms with Gasteiger partial charge in [-0.3, -0.25) is 9.59 Å². The third kappa shape index (κ3) is 4.86. The zero-order valence-electron chi connectivity index (χ0n) is 17.1. The minimum absolute atomic E-state index is 0.0316. The number of hydrogen-bond acceptors (Lipinski definition) is 4. The van der Waals surface area contributed by atoms with Crippen LogP contribution >= 0.6 is 0 Å². The Morgan fingerprint density at radius 3 is 2.79 bits per heavy atom. The van der Waals surface area contributed by atoms with Crippen LogP contribution in [0.25, 0.3) is 0 Å². The second-order valence-electron chi connectivity index (χ2n) is 8.31. The summed E-state index contributed by atoms with van der Waals surface area (Å²) >= 11 is 0. The number of nitrogens with one attached hydrogen (secondary N) is 1. The summed E-state index contributed by atoms with van der Waals surface area (Å²) in [6.45, 7) is 4.63. The van der Waals surface area contributed by atoms with Crippen molar-refractivity contribution in [1.82, 2.24) is 5.32 Å². The van der Waals surface area contributed by atoms with Gasteiger partial charge in [0.1, 0.15) is 17.3 Å². The van der Waals surface area contributed by atoms with E-state index in [0.29, 0.717) is 24.7 Å². The maximum Gasteiger partial charge on any atom is 0.227 e. The lowest BCUT2D eigenvalue weighted by atomic mass is 9.72. The highest BCUT2D eigenvalue weighted by atomic mass is 16.5. The molecule has 1 aromatic carbocycles. The average Bonchev–Trinajstić information content (AvgIpc) is 2.67. The quantitative estimate of drug-likeness (QED) is 0.516. The lowest BCUT2D eigenvalue weighted by molar-refractivity contribution is -0.128. The lowest BCUT2D eigenvalue weighted by Crippen LogP contribution is -2.43. The molecule has 1 fully saturated rings. The van der Waals surface area contributed by atoms with E-state index in [4.69, 9.17) is 4.74 Å². The van der Waals surface area contributed by atoms with Crippen LogP contribution in [-0.4, -0.2) is 29.4 Å². The molecule has 2 aliphatic rings. The van der Waals surface area contributed by atoms with Gasteiger partial charge in [-0.05, 0) is 55.7 Å². The van der Waals surface area contributed by atoms with E-state index < -0.39 is 0 Å². The molecule has 1 unspecified atom stereocenters. The number of hydrogen-bond donors (Lipinski definition) is 2. The van der Waals surface area contributed by atoms with Gasteiger partial charge < -0.3 is 15.2 Å². The first-order valence-corrected chi connectivity index (χ1v) is 10.8. The first-order valence-electron chi connectivity index (χ1n) is 10.8. The fourth-order valence-corrected chi connectivity index (χ4v) is 4.58. The number of ketones is 1. The molecule has 1 aromatic rings. The van der Waals surface area contributed by atoms with Gasteiger partial charge in [0, 0.05) is 23.9 Å². The van der Waals surface area contributed by atoms with Gasteiger partial charge in [-0.15, -0.1) is 0 Å². The van der Waals surface area contributed by atoms with Crippen molar-refractivity contribution in [3.8, 4) is 11.5 Å². The molecule has 1 heterocycles. The van der Waals surface area contributed by atoms with Gasteiger partial charge in [0.05, 0.1) is 13.0 Å². The molecular formula is C23H33NO4. The van der Waals surface area contributed by atoms with Gasteiger partial charge in [-0.1, -0.05) is 26.7 Å². The Labute approximate surface area is 167 Å². The van der Waals surface area contributed by atoms with Crippen molar-refractivity contribution in [2.75, 3.05) is 6.61 Å². The van der Waals surface area contributed by atoms with Crippen LogP contribution in [0.4, 0.5) is 0 Å². The predicted molar refractivity (Wildman–Crippen MR) is 109 cm³/mol. The van der Waals surface area contributed by atoms with Crippen molar-refractivity contribution in [3.05, 3.63) is 23.3 Å². The van der Waals surface area contributed by atoms with Gasteiger partial charge in [0.2, 0.25) is 5.91 Å². The maximum absolute atomic E-state index is 12.1. The number of phenolic OH excluding ortho intramolecular Hbond substituents is 1. The Morgan fingerprint density at radius 1 is 1.21 bits per heavy atom. The summed E-state index contributed by atoms with van der Waals surface area (Å²) in [4.78, 5) is 23.6. The van der Waals surface area contributed by atoms with Crippen molar-refractivity contribution in [3.63, 3.8) is 0 Å². The van der Waals surface area contributed by atoms with Crippen LogP contribution in [0.2, 0.25) is 0 Å². The van der Waals surface area contributed by atoms with Crippen LogP contribution in [0.15, 0.2) is 12.1 Å². The number of aromatic hydroxyl groups is 1. The van der Waals surface area contributed by atoms with Crippen LogP contribution in [0.3, 0.4) is 0 Å². The first-order chi connectivity index (χ1) is 13.5. The normalized spacial score (nSPS) is 23.3. The SMILES string of the molecule is CCCCCc1cc(O)c2c(c1)OC[C@H]1CCC(NC(=O)CC(=O)CC)C[C@@H]21. The molecule has 5 heteroatoms. The summed E-state index contributed by atoms with van der Waals surface area (Å²) in [6.07, 6.45) is 7.42. The van der Waals surface area contributed by atoms with Gasteiger partial charge in [-0.25, -0.2) is 0 Å². The second-order valence-corrected chi connectivity index (χ2v) is 8.31. The third-order valence-electron chi connectivity index (χ3n) is 6.18. The zero-order chi connectivity index (χ0) is 20.1. The zero-order valence-corrected chi connectivity index (χ0v) is 17.1. The average molecular weight is 388 g/mol. The topological polar surface area (TPSA) is 75.6 Å². The van der Waals surface area contributed by atoms with Crippen molar-refractivity contribution >= 4 is 11.7 Å². The molecule has 0 bridgehead atoms. The van der Waals surface area contributed by atoms with E-state index in [1.165, 1.54) is 12.8 Å². The van der Waals surface area contributed by atoms with E-state index in [1.807, 2.05) is 6.07 Å². The summed E-state index contributed by atoms with van der Waals surface area (Å²) in [7, 11) is 0. The van der Waals surface area contributed by atoms with Crippen LogP contribution in [0.1, 0.15) is 82.3 Å². The fraction of sp³-hybridized carbons (Fsp3) is 0.652. The number of rotatable bonds is 8. The number of amides is 1.